The number of para-hydroxylation sites is 1. The Morgan fingerprint density at radius 3 is 2.56 bits per heavy atom. The van der Waals surface area contributed by atoms with Gasteiger partial charge in [0.15, 0.2) is 0 Å². The zero-order valence-corrected chi connectivity index (χ0v) is 20.3. The van der Waals surface area contributed by atoms with E-state index < -0.39 is 0 Å². The SMILES string of the molecule is Cc1ccc(C(=O)N(CC(=O)N2CCc3sccc3[C@H]2COc2ccccc2)CC2CC2)cc1. The molecule has 5 nitrogen and oxygen atoms in total. The average Bonchev–Trinajstić information content (AvgIpc) is 3.55. The van der Waals surface area contributed by atoms with Crippen LogP contribution in [-0.4, -0.2) is 47.9 Å². The summed E-state index contributed by atoms with van der Waals surface area (Å²) >= 11 is 1.74. The van der Waals surface area contributed by atoms with Crippen LogP contribution in [0.1, 0.15) is 45.2 Å². The van der Waals surface area contributed by atoms with Crippen LogP contribution in [0.5, 0.6) is 5.75 Å². The smallest absolute Gasteiger partial charge is 0.254 e. The summed E-state index contributed by atoms with van der Waals surface area (Å²) in [6, 6.07) is 19.3. The van der Waals surface area contributed by atoms with Gasteiger partial charge in [0.2, 0.25) is 5.91 Å². The van der Waals surface area contributed by atoms with Crippen LogP contribution in [0.25, 0.3) is 0 Å². The Labute approximate surface area is 205 Å². The van der Waals surface area contributed by atoms with Gasteiger partial charge in [-0.3, -0.25) is 9.59 Å². The predicted octanol–water partition coefficient (Wildman–Crippen LogP) is 5.11. The van der Waals surface area contributed by atoms with Gasteiger partial charge in [0, 0.05) is 23.5 Å². The maximum Gasteiger partial charge on any atom is 0.254 e. The van der Waals surface area contributed by atoms with Crippen LogP contribution < -0.4 is 4.74 Å². The minimum Gasteiger partial charge on any atom is -0.491 e. The van der Waals surface area contributed by atoms with E-state index in [1.54, 1.807) is 16.2 Å². The van der Waals surface area contributed by atoms with Gasteiger partial charge < -0.3 is 14.5 Å². The Kier molecular flexibility index (Phi) is 6.68. The highest BCUT2D eigenvalue weighted by molar-refractivity contribution is 7.10. The van der Waals surface area contributed by atoms with Crippen molar-refractivity contribution < 1.29 is 14.3 Å². The first-order valence-electron chi connectivity index (χ1n) is 12.0. The molecule has 1 fully saturated rings. The Morgan fingerprint density at radius 2 is 1.82 bits per heavy atom. The molecule has 1 aromatic heterocycles. The molecule has 0 unspecified atom stereocenters. The van der Waals surface area contributed by atoms with Gasteiger partial charge >= 0.3 is 0 Å². The monoisotopic (exact) mass is 474 g/mol. The largest absolute Gasteiger partial charge is 0.491 e. The third-order valence-corrected chi connectivity index (χ3v) is 7.65. The van der Waals surface area contributed by atoms with Crippen molar-refractivity contribution in [1.82, 2.24) is 9.80 Å². The maximum absolute atomic E-state index is 13.6. The lowest BCUT2D eigenvalue weighted by Crippen LogP contribution is -2.48. The van der Waals surface area contributed by atoms with Crippen molar-refractivity contribution in [2.75, 3.05) is 26.2 Å². The van der Waals surface area contributed by atoms with E-state index in [9.17, 15) is 9.59 Å². The molecule has 0 N–H and O–H groups in total. The van der Waals surface area contributed by atoms with Crippen LogP contribution in [0.4, 0.5) is 0 Å². The van der Waals surface area contributed by atoms with E-state index in [0.717, 1.165) is 30.6 Å². The van der Waals surface area contributed by atoms with Gasteiger partial charge in [-0.1, -0.05) is 35.9 Å². The van der Waals surface area contributed by atoms with Crippen molar-refractivity contribution in [3.63, 3.8) is 0 Å². The quantitative estimate of drug-likeness (QED) is 0.456. The molecule has 34 heavy (non-hydrogen) atoms. The number of benzene rings is 2. The molecule has 2 aromatic carbocycles. The number of rotatable bonds is 8. The summed E-state index contributed by atoms with van der Waals surface area (Å²) in [6.07, 6.45) is 3.10. The van der Waals surface area contributed by atoms with Gasteiger partial charge in [0.05, 0.1) is 6.04 Å². The van der Waals surface area contributed by atoms with Crippen molar-refractivity contribution in [2.45, 2.75) is 32.2 Å². The number of carbonyl (C=O) groups is 2. The summed E-state index contributed by atoms with van der Waals surface area (Å²) in [4.78, 5) is 31.9. The standard InChI is InChI=1S/C28H30N2O3S/c1-20-7-11-22(12-8-20)28(32)29(17-21-9-10-21)18-27(31)30-15-13-26-24(14-16-34-26)25(30)19-33-23-5-3-2-4-6-23/h2-8,11-12,14,16,21,25H,9-10,13,15,17-19H2,1H3/t25-/m1/s1. The molecule has 0 spiro atoms. The number of carbonyl (C=O) groups excluding carboxylic acids is 2. The zero-order chi connectivity index (χ0) is 23.5. The van der Waals surface area contributed by atoms with Gasteiger partial charge in [-0.05, 0) is 73.4 Å². The lowest BCUT2D eigenvalue weighted by molar-refractivity contribution is -0.135. The number of nitrogens with zero attached hydrogens (tertiary/aromatic N) is 2. The fourth-order valence-corrected chi connectivity index (χ4v) is 5.46. The van der Waals surface area contributed by atoms with Crippen molar-refractivity contribution in [2.24, 2.45) is 5.92 Å². The maximum atomic E-state index is 13.6. The highest BCUT2D eigenvalue weighted by Gasteiger charge is 2.35. The summed E-state index contributed by atoms with van der Waals surface area (Å²) in [5.41, 5.74) is 2.92. The lowest BCUT2D eigenvalue weighted by Gasteiger charge is -2.37. The first kappa shape index (κ1) is 22.7. The molecule has 5 rings (SSSR count). The van der Waals surface area contributed by atoms with Gasteiger partial charge in [-0.15, -0.1) is 11.3 Å². The van der Waals surface area contributed by atoms with E-state index in [2.05, 4.69) is 11.4 Å². The number of fused-ring (bicyclic) bond motifs is 1. The Morgan fingerprint density at radius 1 is 1.06 bits per heavy atom. The molecule has 6 heteroatoms. The number of aryl methyl sites for hydroxylation is 1. The number of hydrogen-bond donors (Lipinski definition) is 0. The fraction of sp³-hybridized carbons (Fsp3) is 0.357. The van der Waals surface area contributed by atoms with E-state index in [1.807, 2.05) is 66.4 Å². The van der Waals surface area contributed by atoms with Crippen molar-refractivity contribution in [1.29, 1.82) is 0 Å². The number of thiophene rings is 1. The van der Waals surface area contributed by atoms with Crippen LogP contribution >= 0.6 is 11.3 Å². The molecule has 3 aromatic rings. The summed E-state index contributed by atoms with van der Waals surface area (Å²) in [5, 5.41) is 2.09. The molecular formula is C28H30N2O3S. The average molecular weight is 475 g/mol. The molecule has 1 saturated carbocycles. The summed E-state index contributed by atoms with van der Waals surface area (Å²) in [7, 11) is 0. The molecule has 1 aliphatic carbocycles. The van der Waals surface area contributed by atoms with Crippen LogP contribution in [0.3, 0.4) is 0 Å². The van der Waals surface area contributed by atoms with E-state index in [4.69, 9.17) is 4.74 Å². The molecule has 1 aliphatic heterocycles. The molecule has 0 radical (unpaired) electrons. The third kappa shape index (κ3) is 5.17. The highest BCUT2D eigenvalue weighted by Crippen LogP contribution is 2.34. The van der Waals surface area contributed by atoms with Crippen LogP contribution in [0.2, 0.25) is 0 Å². The van der Waals surface area contributed by atoms with Gasteiger partial charge in [-0.2, -0.15) is 0 Å². The Balaban J connectivity index is 1.33. The topological polar surface area (TPSA) is 49.9 Å². The zero-order valence-electron chi connectivity index (χ0n) is 19.5. The lowest BCUT2D eigenvalue weighted by atomic mass is 10.00. The van der Waals surface area contributed by atoms with Gasteiger partial charge in [0.25, 0.3) is 5.91 Å². The summed E-state index contributed by atoms with van der Waals surface area (Å²) in [6.45, 7) is 3.79. The summed E-state index contributed by atoms with van der Waals surface area (Å²) in [5.74, 6) is 1.22. The van der Waals surface area contributed by atoms with Gasteiger partial charge in [-0.25, -0.2) is 0 Å². The minimum atomic E-state index is -0.153. The van der Waals surface area contributed by atoms with E-state index >= 15 is 0 Å². The molecule has 0 bridgehead atoms. The molecule has 2 heterocycles. The first-order valence-corrected chi connectivity index (χ1v) is 12.9. The Bertz CT molecular complexity index is 1140. The predicted molar refractivity (Wildman–Crippen MR) is 134 cm³/mol. The molecule has 1 atom stereocenters. The summed E-state index contributed by atoms with van der Waals surface area (Å²) < 4.78 is 6.09. The van der Waals surface area contributed by atoms with Crippen LogP contribution in [0.15, 0.2) is 66.0 Å². The third-order valence-electron chi connectivity index (χ3n) is 6.65. The molecule has 176 valence electrons. The van der Waals surface area contributed by atoms with Crippen LogP contribution in [0, 0.1) is 12.8 Å². The van der Waals surface area contributed by atoms with Crippen molar-refractivity contribution in [3.8, 4) is 5.75 Å². The molecular weight excluding hydrogens is 444 g/mol. The molecule has 2 amide bonds. The van der Waals surface area contributed by atoms with Crippen molar-refractivity contribution >= 4 is 23.2 Å². The number of ether oxygens (including phenoxy) is 1. The molecule has 2 aliphatic rings. The van der Waals surface area contributed by atoms with E-state index in [-0.39, 0.29) is 24.4 Å². The minimum absolute atomic E-state index is 0.0142. The molecule has 0 saturated heterocycles. The normalized spacial score (nSPS) is 17.2. The Hall–Kier alpha value is -3.12. The van der Waals surface area contributed by atoms with Crippen LogP contribution in [-0.2, 0) is 11.2 Å². The second-order valence-electron chi connectivity index (χ2n) is 9.27. The first-order chi connectivity index (χ1) is 16.6. The fourth-order valence-electron chi connectivity index (χ4n) is 4.53. The second kappa shape index (κ2) is 10.0. The van der Waals surface area contributed by atoms with Crippen molar-refractivity contribution in [3.05, 3.63) is 87.6 Å². The van der Waals surface area contributed by atoms with Gasteiger partial charge in [0.1, 0.15) is 18.9 Å². The number of amides is 2. The van der Waals surface area contributed by atoms with E-state index in [1.165, 1.54) is 10.4 Å². The number of hydrogen-bond acceptors (Lipinski definition) is 4. The highest BCUT2D eigenvalue weighted by atomic mass is 32.1. The second-order valence-corrected chi connectivity index (χ2v) is 10.3. The van der Waals surface area contributed by atoms with E-state index in [0.29, 0.717) is 31.2 Å².